The fourth-order valence-corrected chi connectivity index (χ4v) is 1.49. The third-order valence-electron chi connectivity index (χ3n) is 2.56. The standard InChI is InChI=1S/C12H14N2O2/c1-8(15-2)9-3-5-10(6-4-9)11-7-12(13)16-14-11/h3-8H,13H2,1-2H3. The van der Waals surface area contributed by atoms with Gasteiger partial charge in [0.25, 0.3) is 0 Å². The van der Waals surface area contributed by atoms with Gasteiger partial charge in [-0.1, -0.05) is 29.4 Å². The molecule has 84 valence electrons. The Labute approximate surface area is 94.0 Å². The van der Waals surface area contributed by atoms with Gasteiger partial charge in [0.1, 0.15) is 5.69 Å². The zero-order valence-electron chi connectivity index (χ0n) is 9.31. The van der Waals surface area contributed by atoms with Crippen molar-refractivity contribution >= 4 is 5.88 Å². The first-order valence-corrected chi connectivity index (χ1v) is 5.06. The third kappa shape index (κ3) is 2.06. The Bertz CT molecular complexity index is 462. The van der Waals surface area contributed by atoms with Crippen LogP contribution >= 0.6 is 0 Å². The molecule has 16 heavy (non-hydrogen) atoms. The van der Waals surface area contributed by atoms with E-state index in [4.69, 9.17) is 15.0 Å². The minimum atomic E-state index is 0.0939. The number of nitrogen functional groups attached to an aromatic ring is 1. The summed E-state index contributed by atoms with van der Waals surface area (Å²) >= 11 is 0. The first-order chi connectivity index (χ1) is 7.70. The highest BCUT2D eigenvalue weighted by molar-refractivity contribution is 5.61. The van der Waals surface area contributed by atoms with Crippen molar-refractivity contribution in [3.63, 3.8) is 0 Å². The predicted molar refractivity (Wildman–Crippen MR) is 61.8 cm³/mol. The number of aromatic nitrogens is 1. The van der Waals surface area contributed by atoms with Crippen LogP contribution in [0, 0.1) is 0 Å². The summed E-state index contributed by atoms with van der Waals surface area (Å²) in [5.74, 6) is 0.323. The third-order valence-corrected chi connectivity index (χ3v) is 2.56. The van der Waals surface area contributed by atoms with Gasteiger partial charge >= 0.3 is 0 Å². The van der Waals surface area contributed by atoms with Crippen LogP contribution in [-0.2, 0) is 4.74 Å². The molecule has 4 nitrogen and oxygen atoms in total. The smallest absolute Gasteiger partial charge is 0.222 e. The molecule has 0 saturated carbocycles. The van der Waals surface area contributed by atoms with Gasteiger partial charge in [-0.05, 0) is 12.5 Å². The summed E-state index contributed by atoms with van der Waals surface area (Å²) in [5, 5.41) is 3.85. The first kappa shape index (κ1) is 10.7. The Morgan fingerprint density at radius 3 is 2.50 bits per heavy atom. The van der Waals surface area contributed by atoms with E-state index in [1.165, 1.54) is 0 Å². The lowest BCUT2D eigenvalue weighted by Crippen LogP contribution is -1.94. The largest absolute Gasteiger partial charge is 0.377 e. The van der Waals surface area contributed by atoms with Crippen LogP contribution in [0.3, 0.4) is 0 Å². The molecule has 0 amide bonds. The Hall–Kier alpha value is -1.81. The van der Waals surface area contributed by atoms with E-state index in [1.807, 2.05) is 31.2 Å². The molecule has 0 radical (unpaired) electrons. The Morgan fingerprint density at radius 2 is 2.00 bits per heavy atom. The van der Waals surface area contributed by atoms with E-state index in [-0.39, 0.29) is 6.10 Å². The number of anilines is 1. The number of nitrogens with two attached hydrogens (primary N) is 1. The SMILES string of the molecule is COC(C)c1ccc(-c2cc(N)on2)cc1. The number of rotatable bonds is 3. The molecule has 1 aromatic heterocycles. The predicted octanol–water partition coefficient (Wildman–Crippen LogP) is 2.63. The molecule has 2 rings (SSSR count). The molecule has 1 aromatic carbocycles. The number of nitrogens with zero attached hydrogens (tertiary/aromatic N) is 1. The monoisotopic (exact) mass is 218 g/mol. The van der Waals surface area contributed by atoms with E-state index in [1.54, 1.807) is 13.2 Å². The van der Waals surface area contributed by atoms with Gasteiger partial charge in [0.15, 0.2) is 0 Å². The zero-order chi connectivity index (χ0) is 11.5. The van der Waals surface area contributed by atoms with Crippen LogP contribution in [0.1, 0.15) is 18.6 Å². The van der Waals surface area contributed by atoms with Crippen molar-refractivity contribution in [3.8, 4) is 11.3 Å². The van der Waals surface area contributed by atoms with E-state index in [0.29, 0.717) is 5.88 Å². The first-order valence-electron chi connectivity index (χ1n) is 5.06. The molecule has 0 spiro atoms. The van der Waals surface area contributed by atoms with Gasteiger partial charge in [-0.25, -0.2) is 0 Å². The lowest BCUT2D eigenvalue weighted by Gasteiger charge is -2.09. The summed E-state index contributed by atoms with van der Waals surface area (Å²) < 4.78 is 10.1. The van der Waals surface area contributed by atoms with Crippen molar-refractivity contribution in [2.24, 2.45) is 0 Å². The average Bonchev–Trinajstić information content (AvgIpc) is 2.75. The van der Waals surface area contributed by atoms with Gasteiger partial charge in [0, 0.05) is 18.7 Å². The summed E-state index contributed by atoms with van der Waals surface area (Å²) in [6.45, 7) is 2.00. The van der Waals surface area contributed by atoms with E-state index < -0.39 is 0 Å². The van der Waals surface area contributed by atoms with Crippen LogP contribution in [0.4, 0.5) is 5.88 Å². The highest BCUT2D eigenvalue weighted by Crippen LogP contribution is 2.23. The van der Waals surface area contributed by atoms with Crippen molar-refractivity contribution in [1.82, 2.24) is 5.16 Å². The lowest BCUT2D eigenvalue weighted by molar-refractivity contribution is 0.119. The molecule has 0 aliphatic heterocycles. The molecule has 1 atom stereocenters. The van der Waals surface area contributed by atoms with Crippen LogP contribution in [0.25, 0.3) is 11.3 Å². The molecule has 2 N–H and O–H groups in total. The van der Waals surface area contributed by atoms with Crippen molar-refractivity contribution in [1.29, 1.82) is 0 Å². The second-order valence-corrected chi connectivity index (χ2v) is 3.61. The van der Waals surface area contributed by atoms with Crippen LogP contribution < -0.4 is 5.73 Å². The van der Waals surface area contributed by atoms with Crippen molar-refractivity contribution in [2.75, 3.05) is 12.8 Å². The van der Waals surface area contributed by atoms with Gasteiger partial charge in [0.2, 0.25) is 5.88 Å². The van der Waals surface area contributed by atoms with Crippen LogP contribution in [0.15, 0.2) is 34.9 Å². The number of hydrogen-bond acceptors (Lipinski definition) is 4. The molecule has 1 heterocycles. The van der Waals surface area contributed by atoms with Gasteiger partial charge in [-0.15, -0.1) is 0 Å². The number of ether oxygens (including phenoxy) is 1. The van der Waals surface area contributed by atoms with Crippen LogP contribution in [-0.4, -0.2) is 12.3 Å². The molecule has 2 aromatic rings. The molecule has 0 aliphatic rings. The minimum absolute atomic E-state index is 0.0939. The van der Waals surface area contributed by atoms with Gasteiger partial charge in [0.05, 0.1) is 6.10 Å². The zero-order valence-corrected chi connectivity index (χ0v) is 9.31. The minimum Gasteiger partial charge on any atom is -0.377 e. The fourth-order valence-electron chi connectivity index (χ4n) is 1.49. The molecule has 0 bridgehead atoms. The number of benzene rings is 1. The number of methoxy groups -OCH3 is 1. The molecular formula is C12H14N2O2. The van der Waals surface area contributed by atoms with E-state index in [2.05, 4.69) is 5.16 Å². The lowest BCUT2D eigenvalue weighted by atomic mass is 10.1. The van der Waals surface area contributed by atoms with Gasteiger partial charge in [-0.3, -0.25) is 0 Å². The summed E-state index contributed by atoms with van der Waals surface area (Å²) in [6.07, 6.45) is 0.0939. The normalized spacial score (nSPS) is 12.6. The van der Waals surface area contributed by atoms with Gasteiger partial charge < -0.3 is 15.0 Å². The maximum atomic E-state index is 5.47. The van der Waals surface area contributed by atoms with Crippen molar-refractivity contribution in [2.45, 2.75) is 13.0 Å². The maximum absolute atomic E-state index is 5.47. The Balaban J connectivity index is 2.25. The summed E-state index contributed by atoms with van der Waals surface area (Å²) in [7, 11) is 1.69. The highest BCUT2D eigenvalue weighted by Gasteiger charge is 2.06. The molecule has 4 heteroatoms. The molecule has 1 unspecified atom stereocenters. The topological polar surface area (TPSA) is 61.3 Å². The number of hydrogen-bond donors (Lipinski definition) is 1. The van der Waals surface area contributed by atoms with E-state index in [9.17, 15) is 0 Å². The maximum Gasteiger partial charge on any atom is 0.222 e. The molecule has 0 fully saturated rings. The molecule has 0 saturated heterocycles. The Kier molecular flexibility index (Phi) is 2.92. The summed E-state index contributed by atoms with van der Waals surface area (Å²) in [5.41, 5.74) is 8.32. The quantitative estimate of drug-likeness (QED) is 0.860. The summed E-state index contributed by atoms with van der Waals surface area (Å²) in [4.78, 5) is 0. The van der Waals surface area contributed by atoms with E-state index >= 15 is 0 Å². The van der Waals surface area contributed by atoms with Crippen molar-refractivity contribution in [3.05, 3.63) is 35.9 Å². The molecular weight excluding hydrogens is 204 g/mol. The highest BCUT2D eigenvalue weighted by atomic mass is 16.5. The second-order valence-electron chi connectivity index (χ2n) is 3.61. The van der Waals surface area contributed by atoms with Gasteiger partial charge in [-0.2, -0.15) is 0 Å². The Morgan fingerprint density at radius 1 is 1.31 bits per heavy atom. The fraction of sp³-hybridized carbons (Fsp3) is 0.250. The van der Waals surface area contributed by atoms with E-state index in [0.717, 1.165) is 16.8 Å². The van der Waals surface area contributed by atoms with Crippen LogP contribution in [0.2, 0.25) is 0 Å². The second kappa shape index (κ2) is 4.37. The molecule has 0 aliphatic carbocycles. The van der Waals surface area contributed by atoms with Crippen molar-refractivity contribution < 1.29 is 9.26 Å². The van der Waals surface area contributed by atoms with Crippen LogP contribution in [0.5, 0.6) is 0 Å². The average molecular weight is 218 g/mol. The summed E-state index contributed by atoms with van der Waals surface area (Å²) in [6, 6.07) is 9.67.